The highest BCUT2D eigenvalue weighted by atomic mass is 32.2. The molecular weight excluding hydrogens is 272 g/mol. The molecule has 2 amide bonds. The molecule has 1 saturated carbocycles. The number of rotatable bonds is 5. The van der Waals surface area contributed by atoms with Crippen LogP contribution in [0.4, 0.5) is 4.79 Å². The van der Waals surface area contributed by atoms with Gasteiger partial charge in [-0.2, -0.15) is 0 Å². The summed E-state index contributed by atoms with van der Waals surface area (Å²) in [6, 6.07) is -0.506. The van der Waals surface area contributed by atoms with E-state index in [1.807, 2.05) is 0 Å². The lowest BCUT2D eigenvalue weighted by atomic mass is 10.1. The quantitative estimate of drug-likeness (QED) is 0.738. The summed E-state index contributed by atoms with van der Waals surface area (Å²) in [5, 5.41) is 11.6. The SMILES string of the molecule is CN(CCS(C)(=O)=O)C(=O)NC1CCC(C(=O)O)C1. The lowest BCUT2D eigenvalue weighted by Crippen LogP contribution is -2.43. The van der Waals surface area contributed by atoms with Crippen molar-refractivity contribution in [3.63, 3.8) is 0 Å². The number of aliphatic carboxylic acids is 1. The van der Waals surface area contributed by atoms with Crippen LogP contribution in [-0.4, -0.2) is 62.1 Å². The van der Waals surface area contributed by atoms with E-state index < -0.39 is 21.7 Å². The number of hydrogen-bond acceptors (Lipinski definition) is 4. The Hall–Kier alpha value is -1.31. The van der Waals surface area contributed by atoms with Crippen LogP contribution < -0.4 is 5.32 Å². The summed E-state index contributed by atoms with van der Waals surface area (Å²) >= 11 is 0. The number of carbonyl (C=O) groups is 2. The minimum Gasteiger partial charge on any atom is -0.481 e. The molecule has 0 radical (unpaired) electrons. The van der Waals surface area contributed by atoms with E-state index in [0.717, 1.165) is 6.26 Å². The Bertz CT molecular complexity index is 448. The average molecular weight is 292 g/mol. The third-order valence-electron chi connectivity index (χ3n) is 3.25. The Balaban J connectivity index is 2.37. The van der Waals surface area contributed by atoms with E-state index >= 15 is 0 Å². The standard InChI is InChI=1S/C11H20N2O5S/c1-13(5-6-19(2,17)18)11(16)12-9-4-3-8(7-9)10(14)15/h8-9H,3-7H2,1-2H3,(H,12,16)(H,14,15). The molecule has 0 bridgehead atoms. The van der Waals surface area contributed by atoms with Gasteiger partial charge in [-0.3, -0.25) is 4.79 Å². The van der Waals surface area contributed by atoms with E-state index in [1.54, 1.807) is 0 Å². The molecule has 1 aliphatic rings. The van der Waals surface area contributed by atoms with Crippen molar-refractivity contribution in [1.29, 1.82) is 0 Å². The first-order chi connectivity index (χ1) is 8.69. The van der Waals surface area contributed by atoms with Gasteiger partial charge in [0.05, 0.1) is 11.7 Å². The first-order valence-corrected chi connectivity index (χ1v) is 8.17. The smallest absolute Gasteiger partial charge is 0.317 e. The summed E-state index contributed by atoms with van der Waals surface area (Å²) in [5.74, 6) is -1.31. The van der Waals surface area contributed by atoms with Gasteiger partial charge in [-0.15, -0.1) is 0 Å². The number of urea groups is 1. The maximum atomic E-state index is 11.8. The second-order valence-corrected chi connectivity index (χ2v) is 7.31. The molecule has 2 N–H and O–H groups in total. The number of carbonyl (C=O) groups excluding carboxylic acids is 1. The van der Waals surface area contributed by atoms with Crippen molar-refractivity contribution < 1.29 is 23.1 Å². The summed E-state index contributed by atoms with van der Waals surface area (Å²) in [6.45, 7) is 0.125. The van der Waals surface area contributed by atoms with E-state index in [-0.39, 0.29) is 24.4 Å². The van der Waals surface area contributed by atoms with Gasteiger partial charge in [0, 0.05) is 25.9 Å². The minimum atomic E-state index is -3.10. The number of hydrogen-bond donors (Lipinski definition) is 2. The largest absolute Gasteiger partial charge is 0.481 e. The number of amides is 2. The fourth-order valence-corrected chi connectivity index (χ4v) is 2.63. The molecule has 2 unspecified atom stereocenters. The molecule has 110 valence electrons. The van der Waals surface area contributed by atoms with Crippen molar-refractivity contribution >= 4 is 21.8 Å². The fraction of sp³-hybridized carbons (Fsp3) is 0.818. The molecule has 0 spiro atoms. The fourth-order valence-electron chi connectivity index (χ4n) is 2.03. The Labute approximate surface area is 112 Å². The Kier molecular flexibility index (Phi) is 5.16. The van der Waals surface area contributed by atoms with Crippen LogP contribution in [0.15, 0.2) is 0 Å². The van der Waals surface area contributed by atoms with Crippen molar-refractivity contribution in [2.75, 3.05) is 25.6 Å². The van der Waals surface area contributed by atoms with Crippen molar-refractivity contribution in [1.82, 2.24) is 10.2 Å². The molecule has 0 aromatic rings. The van der Waals surface area contributed by atoms with Crippen LogP contribution in [0.25, 0.3) is 0 Å². The van der Waals surface area contributed by atoms with E-state index in [9.17, 15) is 18.0 Å². The van der Waals surface area contributed by atoms with Crippen molar-refractivity contribution in [2.24, 2.45) is 5.92 Å². The number of nitrogens with zero attached hydrogens (tertiary/aromatic N) is 1. The number of sulfone groups is 1. The zero-order valence-electron chi connectivity index (χ0n) is 11.1. The molecular formula is C11H20N2O5S. The normalized spacial score (nSPS) is 23.1. The van der Waals surface area contributed by atoms with E-state index in [4.69, 9.17) is 5.11 Å². The molecule has 1 fully saturated rings. The summed E-state index contributed by atoms with van der Waals surface area (Å²) in [4.78, 5) is 23.9. The predicted octanol–water partition coefficient (Wildman–Crippen LogP) is -0.0743. The van der Waals surface area contributed by atoms with Crippen molar-refractivity contribution in [3.05, 3.63) is 0 Å². The molecule has 2 atom stereocenters. The average Bonchev–Trinajstić information content (AvgIpc) is 2.73. The molecule has 8 heteroatoms. The summed E-state index contributed by atoms with van der Waals surface area (Å²) in [6.07, 6.45) is 2.75. The van der Waals surface area contributed by atoms with E-state index in [0.29, 0.717) is 19.3 Å². The van der Waals surface area contributed by atoms with Crippen LogP contribution in [-0.2, 0) is 14.6 Å². The van der Waals surface area contributed by atoms with Crippen molar-refractivity contribution in [3.8, 4) is 0 Å². The molecule has 1 rings (SSSR count). The number of carboxylic acid groups (broad SMARTS) is 1. The summed E-state index contributed by atoms with van der Waals surface area (Å²) in [7, 11) is -1.58. The summed E-state index contributed by atoms with van der Waals surface area (Å²) < 4.78 is 22.0. The minimum absolute atomic E-state index is 0.0840. The van der Waals surface area contributed by atoms with Gasteiger partial charge in [0.2, 0.25) is 0 Å². The van der Waals surface area contributed by atoms with Crippen LogP contribution in [0, 0.1) is 5.92 Å². The van der Waals surface area contributed by atoms with Gasteiger partial charge >= 0.3 is 12.0 Å². The van der Waals surface area contributed by atoms with Gasteiger partial charge in [-0.1, -0.05) is 0 Å². The third kappa shape index (κ3) is 5.46. The van der Waals surface area contributed by atoms with Crippen LogP contribution in [0.5, 0.6) is 0 Å². The maximum Gasteiger partial charge on any atom is 0.317 e. The lowest BCUT2D eigenvalue weighted by molar-refractivity contribution is -0.141. The van der Waals surface area contributed by atoms with Gasteiger partial charge in [-0.05, 0) is 19.3 Å². The molecule has 0 heterocycles. The highest BCUT2D eigenvalue weighted by Crippen LogP contribution is 2.25. The molecule has 0 aromatic heterocycles. The number of carboxylic acids is 1. The number of nitrogens with one attached hydrogen (secondary N) is 1. The van der Waals surface area contributed by atoms with Crippen LogP contribution in [0.3, 0.4) is 0 Å². The molecule has 0 aliphatic heterocycles. The highest BCUT2D eigenvalue weighted by molar-refractivity contribution is 7.90. The zero-order chi connectivity index (χ0) is 14.6. The van der Waals surface area contributed by atoms with Crippen LogP contribution in [0.2, 0.25) is 0 Å². The van der Waals surface area contributed by atoms with Crippen LogP contribution in [0.1, 0.15) is 19.3 Å². The van der Waals surface area contributed by atoms with Gasteiger partial charge in [-0.25, -0.2) is 13.2 Å². The highest BCUT2D eigenvalue weighted by Gasteiger charge is 2.31. The Morgan fingerprint density at radius 2 is 2.00 bits per heavy atom. The third-order valence-corrected chi connectivity index (χ3v) is 4.18. The first kappa shape index (κ1) is 15.7. The first-order valence-electron chi connectivity index (χ1n) is 6.11. The van der Waals surface area contributed by atoms with Crippen LogP contribution >= 0.6 is 0 Å². The Morgan fingerprint density at radius 1 is 1.37 bits per heavy atom. The predicted molar refractivity (Wildman–Crippen MR) is 69.6 cm³/mol. The molecule has 19 heavy (non-hydrogen) atoms. The second-order valence-electron chi connectivity index (χ2n) is 5.05. The maximum absolute atomic E-state index is 11.8. The molecule has 1 aliphatic carbocycles. The molecule has 0 saturated heterocycles. The molecule has 7 nitrogen and oxygen atoms in total. The summed E-state index contributed by atoms with van der Waals surface area (Å²) in [5.41, 5.74) is 0. The van der Waals surface area contributed by atoms with Gasteiger partial charge in [0.1, 0.15) is 9.84 Å². The Morgan fingerprint density at radius 3 is 2.47 bits per heavy atom. The molecule has 0 aromatic carbocycles. The van der Waals surface area contributed by atoms with Gasteiger partial charge < -0.3 is 15.3 Å². The zero-order valence-corrected chi connectivity index (χ0v) is 11.9. The van der Waals surface area contributed by atoms with E-state index in [1.165, 1.54) is 11.9 Å². The van der Waals surface area contributed by atoms with Gasteiger partial charge in [0.15, 0.2) is 0 Å². The van der Waals surface area contributed by atoms with Crippen molar-refractivity contribution in [2.45, 2.75) is 25.3 Å². The van der Waals surface area contributed by atoms with Gasteiger partial charge in [0.25, 0.3) is 0 Å². The second kappa shape index (κ2) is 6.23. The topological polar surface area (TPSA) is 104 Å². The lowest BCUT2D eigenvalue weighted by Gasteiger charge is -2.20. The monoisotopic (exact) mass is 292 g/mol. The van der Waals surface area contributed by atoms with E-state index in [2.05, 4.69) is 5.32 Å².